The average molecular weight is 491 g/mol. The first-order valence-corrected chi connectivity index (χ1v) is 11.9. The lowest BCUT2D eigenvalue weighted by molar-refractivity contribution is -0.137. The highest BCUT2D eigenvalue weighted by Crippen LogP contribution is 2.39. The van der Waals surface area contributed by atoms with Gasteiger partial charge >= 0.3 is 6.03 Å². The second-order valence-electron chi connectivity index (χ2n) is 8.89. The van der Waals surface area contributed by atoms with Crippen LogP contribution in [0.4, 0.5) is 16.2 Å². The van der Waals surface area contributed by atoms with Crippen molar-refractivity contribution in [3.8, 4) is 6.07 Å². The van der Waals surface area contributed by atoms with Crippen LogP contribution in [0, 0.1) is 11.3 Å². The van der Waals surface area contributed by atoms with Gasteiger partial charge in [-0.25, -0.2) is 4.79 Å². The van der Waals surface area contributed by atoms with Crippen molar-refractivity contribution >= 4 is 29.2 Å². The Morgan fingerprint density at radius 3 is 2.42 bits per heavy atom. The Hall–Kier alpha value is -4.10. The summed E-state index contributed by atoms with van der Waals surface area (Å²) in [6, 6.07) is 18.2. The third kappa shape index (κ3) is 5.26. The maximum Gasteiger partial charge on any atom is 0.321 e. The number of nitrogens with one attached hydrogen (secondary N) is 2. The smallest absolute Gasteiger partial charge is 0.321 e. The number of anilines is 2. The first kappa shape index (κ1) is 25.0. The molecule has 0 saturated carbocycles. The van der Waals surface area contributed by atoms with E-state index in [1.54, 1.807) is 41.2 Å². The number of carbonyl (C=O) groups is 3. The van der Waals surface area contributed by atoms with Gasteiger partial charge in [0.25, 0.3) is 5.91 Å². The maximum atomic E-state index is 13.7. The number of benzene rings is 2. The monoisotopic (exact) mass is 490 g/mol. The van der Waals surface area contributed by atoms with Gasteiger partial charge in [-0.2, -0.15) is 5.26 Å². The fourth-order valence-corrected chi connectivity index (χ4v) is 4.75. The van der Waals surface area contributed by atoms with Gasteiger partial charge in [-0.1, -0.05) is 18.2 Å². The number of carbonyl (C=O) groups excluding carboxylic acids is 3. The van der Waals surface area contributed by atoms with Crippen LogP contribution in [0.1, 0.15) is 18.4 Å². The summed E-state index contributed by atoms with van der Waals surface area (Å²) in [5, 5.41) is 14.6. The highest BCUT2D eigenvalue weighted by molar-refractivity contribution is 5.97. The van der Waals surface area contributed by atoms with E-state index in [1.807, 2.05) is 30.3 Å². The Balaban J connectivity index is 1.45. The van der Waals surface area contributed by atoms with Crippen molar-refractivity contribution in [3.63, 3.8) is 0 Å². The Morgan fingerprint density at radius 1 is 1.08 bits per heavy atom. The standard InChI is InChI=1S/C26H30N6O4/c1-36-16-13-28-23(33)18-31-19-32(22-5-3-2-4-6-22)26(24(31)34)11-14-30(15-12-26)25(35)29-21-9-7-20(17-27)8-10-21/h2-10H,11-16,18-19H2,1H3,(H,28,33)(H,29,35). The molecule has 36 heavy (non-hydrogen) atoms. The van der Waals surface area contributed by atoms with Gasteiger partial charge in [0.15, 0.2) is 0 Å². The number of rotatable bonds is 7. The number of amides is 4. The molecular formula is C26H30N6O4. The number of hydrogen-bond acceptors (Lipinski definition) is 6. The fraction of sp³-hybridized carbons (Fsp3) is 0.385. The number of methoxy groups -OCH3 is 1. The van der Waals surface area contributed by atoms with E-state index in [4.69, 9.17) is 10.00 Å². The zero-order valence-corrected chi connectivity index (χ0v) is 20.3. The van der Waals surface area contributed by atoms with E-state index in [1.165, 1.54) is 0 Å². The molecule has 2 aliphatic rings. The number of piperidine rings is 1. The van der Waals surface area contributed by atoms with Gasteiger partial charge < -0.3 is 30.1 Å². The van der Waals surface area contributed by atoms with Gasteiger partial charge in [-0.3, -0.25) is 9.59 Å². The zero-order valence-electron chi connectivity index (χ0n) is 20.3. The molecule has 2 fully saturated rings. The van der Waals surface area contributed by atoms with E-state index in [9.17, 15) is 14.4 Å². The Bertz CT molecular complexity index is 1120. The van der Waals surface area contributed by atoms with Crippen LogP contribution in [0.3, 0.4) is 0 Å². The van der Waals surface area contributed by atoms with E-state index in [0.29, 0.717) is 57.0 Å². The van der Waals surface area contributed by atoms with E-state index in [-0.39, 0.29) is 24.4 Å². The van der Waals surface area contributed by atoms with Crippen molar-refractivity contribution in [1.29, 1.82) is 5.26 Å². The molecule has 2 saturated heterocycles. The molecule has 188 valence electrons. The van der Waals surface area contributed by atoms with Crippen molar-refractivity contribution in [2.24, 2.45) is 0 Å². The van der Waals surface area contributed by atoms with E-state index >= 15 is 0 Å². The predicted octanol–water partition coefficient (Wildman–Crippen LogP) is 1.99. The Kier molecular flexibility index (Phi) is 7.71. The molecule has 2 N–H and O–H groups in total. The molecule has 0 atom stereocenters. The van der Waals surface area contributed by atoms with Gasteiger partial charge in [0, 0.05) is 38.1 Å². The lowest BCUT2D eigenvalue weighted by Gasteiger charge is -2.43. The second kappa shape index (κ2) is 11.1. The third-order valence-corrected chi connectivity index (χ3v) is 6.69. The van der Waals surface area contributed by atoms with E-state index in [2.05, 4.69) is 21.6 Å². The molecule has 4 amide bonds. The molecule has 2 aromatic rings. The van der Waals surface area contributed by atoms with Crippen LogP contribution < -0.4 is 15.5 Å². The molecule has 2 aromatic carbocycles. The summed E-state index contributed by atoms with van der Waals surface area (Å²) in [5.41, 5.74) is 1.21. The Morgan fingerprint density at radius 2 is 1.78 bits per heavy atom. The van der Waals surface area contributed by atoms with E-state index < -0.39 is 5.54 Å². The first-order valence-electron chi connectivity index (χ1n) is 11.9. The van der Waals surface area contributed by atoms with Gasteiger partial charge in [0.05, 0.1) is 24.9 Å². The van der Waals surface area contributed by atoms with Crippen LogP contribution in [-0.4, -0.2) is 79.7 Å². The van der Waals surface area contributed by atoms with E-state index in [0.717, 1.165) is 5.69 Å². The zero-order chi connectivity index (χ0) is 25.5. The highest BCUT2D eigenvalue weighted by Gasteiger charge is 2.54. The molecule has 10 heteroatoms. The second-order valence-corrected chi connectivity index (χ2v) is 8.89. The van der Waals surface area contributed by atoms with Gasteiger partial charge in [0.2, 0.25) is 5.91 Å². The van der Waals surface area contributed by atoms with Crippen molar-refractivity contribution in [2.75, 3.05) is 56.8 Å². The fourth-order valence-electron chi connectivity index (χ4n) is 4.75. The number of urea groups is 1. The summed E-state index contributed by atoms with van der Waals surface area (Å²) >= 11 is 0. The quantitative estimate of drug-likeness (QED) is 0.573. The molecular weight excluding hydrogens is 460 g/mol. The van der Waals surface area contributed by atoms with Gasteiger partial charge in [-0.15, -0.1) is 0 Å². The summed E-state index contributed by atoms with van der Waals surface area (Å²) in [6.07, 6.45) is 0.895. The molecule has 2 heterocycles. The van der Waals surface area contributed by atoms with Crippen LogP contribution in [0.2, 0.25) is 0 Å². The minimum absolute atomic E-state index is 0.0312. The van der Waals surface area contributed by atoms with Crippen LogP contribution in [0.15, 0.2) is 54.6 Å². The van der Waals surface area contributed by atoms with Crippen molar-refractivity contribution in [2.45, 2.75) is 18.4 Å². The number of nitrogens with zero attached hydrogens (tertiary/aromatic N) is 4. The summed E-state index contributed by atoms with van der Waals surface area (Å²) < 4.78 is 4.97. The Labute approximate surface area is 210 Å². The predicted molar refractivity (Wildman–Crippen MR) is 134 cm³/mol. The number of likely N-dealkylation sites (tertiary alicyclic amines) is 1. The third-order valence-electron chi connectivity index (χ3n) is 6.69. The minimum Gasteiger partial charge on any atom is -0.383 e. The van der Waals surface area contributed by atoms with Crippen molar-refractivity contribution < 1.29 is 19.1 Å². The molecule has 0 radical (unpaired) electrons. The molecule has 4 rings (SSSR count). The van der Waals surface area contributed by atoms with Crippen LogP contribution in [-0.2, 0) is 14.3 Å². The topological polar surface area (TPSA) is 118 Å². The molecule has 0 bridgehead atoms. The molecule has 2 aliphatic heterocycles. The van der Waals surface area contributed by atoms with Crippen molar-refractivity contribution in [1.82, 2.24) is 15.1 Å². The normalized spacial score (nSPS) is 16.7. The number of nitriles is 1. The highest BCUT2D eigenvalue weighted by atomic mass is 16.5. The molecule has 10 nitrogen and oxygen atoms in total. The molecule has 0 unspecified atom stereocenters. The number of ether oxygens (including phenoxy) is 1. The molecule has 1 spiro atoms. The van der Waals surface area contributed by atoms with Crippen molar-refractivity contribution in [3.05, 3.63) is 60.2 Å². The van der Waals surface area contributed by atoms with Gasteiger partial charge in [0.1, 0.15) is 12.1 Å². The lowest BCUT2D eigenvalue weighted by Crippen LogP contribution is -2.58. The summed E-state index contributed by atoms with van der Waals surface area (Å²) in [7, 11) is 1.56. The number of para-hydroxylation sites is 1. The molecule has 0 aliphatic carbocycles. The summed E-state index contributed by atoms with van der Waals surface area (Å²) in [4.78, 5) is 44.3. The van der Waals surface area contributed by atoms with Crippen LogP contribution in [0.25, 0.3) is 0 Å². The van der Waals surface area contributed by atoms with Crippen LogP contribution in [0.5, 0.6) is 0 Å². The lowest BCUT2D eigenvalue weighted by atomic mass is 9.85. The maximum absolute atomic E-state index is 13.7. The summed E-state index contributed by atoms with van der Waals surface area (Å²) in [5.74, 6) is -0.329. The minimum atomic E-state index is -0.820. The number of hydrogen-bond donors (Lipinski definition) is 2. The van der Waals surface area contributed by atoms with Crippen LogP contribution >= 0.6 is 0 Å². The first-order chi connectivity index (χ1) is 17.5. The largest absolute Gasteiger partial charge is 0.383 e. The average Bonchev–Trinajstić information content (AvgIpc) is 3.16. The van der Waals surface area contributed by atoms with Gasteiger partial charge in [-0.05, 0) is 49.2 Å². The molecule has 0 aromatic heterocycles. The SMILES string of the molecule is COCCNC(=O)CN1CN(c2ccccc2)C2(CCN(C(=O)Nc3ccc(C#N)cc3)CC2)C1=O. The summed E-state index contributed by atoms with van der Waals surface area (Å²) in [6.45, 7) is 1.85.